The quantitative estimate of drug-likeness (QED) is 0.841. The number of carbonyl (C=O) groups excluding carboxylic acids is 1. The Balaban J connectivity index is 1.89. The van der Waals surface area contributed by atoms with Gasteiger partial charge < -0.3 is 14.5 Å². The maximum Gasteiger partial charge on any atom is 0.327 e. The van der Waals surface area contributed by atoms with E-state index in [4.69, 9.17) is 9.63 Å². The molecular weight excluding hydrogens is 258 g/mol. The van der Waals surface area contributed by atoms with Crippen LogP contribution < -0.4 is 0 Å². The lowest BCUT2D eigenvalue weighted by atomic mass is 10.2. The van der Waals surface area contributed by atoms with Crippen LogP contribution in [0.15, 0.2) is 4.52 Å². The van der Waals surface area contributed by atoms with Crippen LogP contribution in [0.4, 0.5) is 0 Å². The molecule has 2 rings (SSSR count). The molecule has 1 fully saturated rings. The van der Waals surface area contributed by atoms with Crippen molar-refractivity contribution in [1.29, 1.82) is 0 Å². The number of aliphatic carboxylic acids is 1. The van der Waals surface area contributed by atoms with Gasteiger partial charge in [-0.05, 0) is 6.92 Å². The molecule has 1 aliphatic rings. The van der Waals surface area contributed by atoms with Crippen LogP contribution in [-0.4, -0.2) is 49.7 Å². The first kappa shape index (κ1) is 12.9. The smallest absolute Gasteiger partial charge is 0.327 e. The van der Waals surface area contributed by atoms with Crippen LogP contribution >= 0.6 is 11.8 Å². The van der Waals surface area contributed by atoms with Crippen LogP contribution in [0, 0.1) is 6.92 Å². The van der Waals surface area contributed by atoms with E-state index < -0.39 is 12.0 Å². The Bertz CT molecular complexity index is 462. The summed E-state index contributed by atoms with van der Waals surface area (Å²) in [5.74, 6) is 0.654. The average Bonchev–Trinajstić information content (AvgIpc) is 2.94. The molecule has 1 aromatic heterocycles. The summed E-state index contributed by atoms with van der Waals surface area (Å²) in [5, 5.41) is 12.6. The molecule has 0 radical (unpaired) electrons. The molecule has 1 atom stereocenters. The molecule has 1 N–H and O–H groups in total. The molecule has 98 valence electrons. The molecule has 2 heterocycles. The number of carboxylic acid groups (broad SMARTS) is 1. The van der Waals surface area contributed by atoms with Crippen molar-refractivity contribution in [2.75, 3.05) is 11.6 Å². The first-order chi connectivity index (χ1) is 8.58. The number of aryl methyl sites for hydroxylation is 2. The van der Waals surface area contributed by atoms with E-state index in [-0.39, 0.29) is 12.3 Å². The highest BCUT2D eigenvalue weighted by molar-refractivity contribution is 7.99. The van der Waals surface area contributed by atoms with Gasteiger partial charge in [-0.1, -0.05) is 5.16 Å². The lowest BCUT2D eigenvalue weighted by molar-refractivity contribution is -0.147. The summed E-state index contributed by atoms with van der Waals surface area (Å²) in [4.78, 5) is 28.2. The maximum atomic E-state index is 11.9. The first-order valence-electron chi connectivity index (χ1n) is 5.47. The topological polar surface area (TPSA) is 96.5 Å². The zero-order valence-electron chi connectivity index (χ0n) is 9.83. The van der Waals surface area contributed by atoms with Crippen molar-refractivity contribution in [3.63, 3.8) is 0 Å². The third-order valence-electron chi connectivity index (χ3n) is 2.61. The molecule has 0 aromatic carbocycles. The predicted molar refractivity (Wildman–Crippen MR) is 63.0 cm³/mol. The number of thioether (sulfide) groups is 1. The highest BCUT2D eigenvalue weighted by Gasteiger charge is 2.34. The summed E-state index contributed by atoms with van der Waals surface area (Å²) in [7, 11) is 0. The normalized spacial score (nSPS) is 19.2. The number of hydrogen-bond donors (Lipinski definition) is 1. The standard InChI is InChI=1S/C10H13N3O4S/c1-6-11-8(17-12-6)2-3-9(14)13-5-18-4-7(13)10(15)16/h7H,2-5H2,1H3,(H,15,16). The van der Waals surface area contributed by atoms with E-state index in [0.717, 1.165) is 0 Å². The van der Waals surface area contributed by atoms with Crippen LogP contribution in [0.5, 0.6) is 0 Å². The number of amides is 1. The van der Waals surface area contributed by atoms with Crippen LogP contribution in [0.25, 0.3) is 0 Å². The third-order valence-corrected chi connectivity index (χ3v) is 3.62. The van der Waals surface area contributed by atoms with Gasteiger partial charge in [-0.15, -0.1) is 11.8 Å². The highest BCUT2D eigenvalue weighted by Crippen LogP contribution is 2.22. The Morgan fingerprint density at radius 2 is 2.39 bits per heavy atom. The summed E-state index contributed by atoms with van der Waals surface area (Å²) in [5.41, 5.74) is 0. The fraction of sp³-hybridized carbons (Fsp3) is 0.600. The lowest BCUT2D eigenvalue weighted by Gasteiger charge is -2.19. The van der Waals surface area contributed by atoms with Gasteiger partial charge in [0.2, 0.25) is 11.8 Å². The first-order valence-corrected chi connectivity index (χ1v) is 6.62. The van der Waals surface area contributed by atoms with Gasteiger partial charge in [-0.2, -0.15) is 4.98 Å². The number of rotatable bonds is 4. The molecule has 8 heteroatoms. The van der Waals surface area contributed by atoms with Crippen LogP contribution in [0.2, 0.25) is 0 Å². The zero-order chi connectivity index (χ0) is 13.1. The maximum absolute atomic E-state index is 11.9. The van der Waals surface area contributed by atoms with Crippen molar-refractivity contribution in [2.24, 2.45) is 0 Å². The molecule has 1 unspecified atom stereocenters. The molecule has 0 bridgehead atoms. The second-order valence-electron chi connectivity index (χ2n) is 3.95. The van der Waals surface area contributed by atoms with Crippen molar-refractivity contribution < 1.29 is 19.2 Å². The summed E-state index contributed by atoms with van der Waals surface area (Å²) in [6.07, 6.45) is 0.527. The molecule has 0 saturated carbocycles. The fourth-order valence-corrected chi connectivity index (χ4v) is 2.86. The largest absolute Gasteiger partial charge is 0.480 e. The van der Waals surface area contributed by atoms with Gasteiger partial charge in [0, 0.05) is 18.6 Å². The van der Waals surface area contributed by atoms with Gasteiger partial charge in [0.25, 0.3) is 0 Å². The second-order valence-corrected chi connectivity index (χ2v) is 4.95. The Kier molecular flexibility index (Phi) is 3.85. The molecule has 18 heavy (non-hydrogen) atoms. The Labute approximate surface area is 108 Å². The van der Waals surface area contributed by atoms with Gasteiger partial charge in [-0.3, -0.25) is 4.79 Å². The summed E-state index contributed by atoms with van der Waals surface area (Å²) >= 11 is 1.45. The van der Waals surface area contributed by atoms with Crippen LogP contribution in [0.3, 0.4) is 0 Å². The molecule has 1 amide bonds. The highest BCUT2D eigenvalue weighted by atomic mass is 32.2. The summed E-state index contributed by atoms with van der Waals surface area (Å²) in [6, 6.07) is -0.716. The van der Waals surface area contributed by atoms with Gasteiger partial charge in [0.05, 0.1) is 5.88 Å². The van der Waals surface area contributed by atoms with Crippen LogP contribution in [-0.2, 0) is 16.0 Å². The van der Waals surface area contributed by atoms with Crippen molar-refractivity contribution in [3.8, 4) is 0 Å². The number of carboxylic acids is 1. The van der Waals surface area contributed by atoms with E-state index >= 15 is 0 Å². The second kappa shape index (κ2) is 5.38. The van der Waals surface area contributed by atoms with Crippen molar-refractivity contribution >= 4 is 23.6 Å². The molecule has 7 nitrogen and oxygen atoms in total. The van der Waals surface area contributed by atoms with E-state index in [9.17, 15) is 9.59 Å². The van der Waals surface area contributed by atoms with Gasteiger partial charge in [0.15, 0.2) is 5.82 Å². The van der Waals surface area contributed by atoms with Gasteiger partial charge in [-0.25, -0.2) is 4.79 Å². The SMILES string of the molecule is Cc1noc(CCC(=O)N2CSCC2C(=O)O)n1. The van der Waals surface area contributed by atoms with Gasteiger partial charge >= 0.3 is 5.97 Å². The average molecular weight is 271 g/mol. The summed E-state index contributed by atoms with van der Waals surface area (Å²) in [6.45, 7) is 1.70. The number of hydrogen-bond acceptors (Lipinski definition) is 6. The monoisotopic (exact) mass is 271 g/mol. The minimum Gasteiger partial charge on any atom is -0.480 e. The van der Waals surface area contributed by atoms with Crippen molar-refractivity contribution in [3.05, 3.63) is 11.7 Å². The Morgan fingerprint density at radius 3 is 3.00 bits per heavy atom. The lowest BCUT2D eigenvalue weighted by Crippen LogP contribution is -2.41. The van der Waals surface area contributed by atoms with E-state index in [1.54, 1.807) is 6.92 Å². The molecular formula is C10H13N3O4S. The number of carbonyl (C=O) groups is 2. The van der Waals surface area contributed by atoms with E-state index in [2.05, 4.69) is 10.1 Å². The van der Waals surface area contributed by atoms with Gasteiger partial charge in [0.1, 0.15) is 6.04 Å². The van der Waals surface area contributed by atoms with Crippen molar-refractivity contribution in [1.82, 2.24) is 15.0 Å². The summed E-state index contributed by atoms with van der Waals surface area (Å²) < 4.78 is 4.90. The van der Waals surface area contributed by atoms with E-state index in [0.29, 0.717) is 29.8 Å². The third kappa shape index (κ3) is 2.81. The minimum atomic E-state index is -0.956. The molecule has 1 aromatic rings. The minimum absolute atomic E-state index is 0.186. The van der Waals surface area contributed by atoms with E-state index in [1.165, 1.54) is 16.7 Å². The molecule has 0 aliphatic carbocycles. The van der Waals surface area contributed by atoms with Crippen LogP contribution in [0.1, 0.15) is 18.1 Å². The predicted octanol–water partition coefficient (Wildman–Crippen LogP) is 0.297. The van der Waals surface area contributed by atoms with Crippen molar-refractivity contribution in [2.45, 2.75) is 25.8 Å². The Morgan fingerprint density at radius 1 is 1.61 bits per heavy atom. The molecule has 1 aliphatic heterocycles. The van der Waals surface area contributed by atoms with E-state index in [1.807, 2.05) is 0 Å². The molecule has 1 saturated heterocycles. The zero-order valence-corrected chi connectivity index (χ0v) is 10.6. The molecule has 0 spiro atoms. The Hall–Kier alpha value is -1.57. The number of nitrogens with zero attached hydrogens (tertiary/aromatic N) is 3. The fourth-order valence-electron chi connectivity index (χ4n) is 1.69. The number of aromatic nitrogens is 2.